The van der Waals surface area contributed by atoms with Gasteiger partial charge in [0.1, 0.15) is 0 Å². The Morgan fingerprint density at radius 3 is 2.76 bits per heavy atom. The predicted molar refractivity (Wildman–Crippen MR) is 90.8 cm³/mol. The van der Waals surface area contributed by atoms with Gasteiger partial charge in [-0.05, 0) is 56.7 Å². The highest BCUT2D eigenvalue weighted by Gasteiger charge is 2.23. The van der Waals surface area contributed by atoms with Gasteiger partial charge < -0.3 is 10.2 Å². The Balaban J connectivity index is 1.98. The lowest BCUT2D eigenvalue weighted by molar-refractivity contribution is 0.325. The molecule has 0 radical (unpaired) electrons. The summed E-state index contributed by atoms with van der Waals surface area (Å²) in [7, 11) is 0. The van der Waals surface area contributed by atoms with Crippen LogP contribution in [0, 0.1) is 5.41 Å². The molecule has 0 amide bonds. The average Bonchev–Trinajstić information content (AvgIpc) is 2.66. The smallest absolute Gasteiger partial charge is 0.0572 e. The molecule has 1 atom stereocenters. The van der Waals surface area contributed by atoms with Crippen molar-refractivity contribution in [3.05, 3.63) is 24.0 Å². The third-order valence-electron chi connectivity index (χ3n) is 4.62. The molecule has 21 heavy (non-hydrogen) atoms. The minimum atomic E-state index is 0.335. The highest BCUT2D eigenvalue weighted by Crippen LogP contribution is 2.31. The van der Waals surface area contributed by atoms with E-state index in [2.05, 4.69) is 61.2 Å². The largest absolute Gasteiger partial charge is 0.370 e. The van der Waals surface area contributed by atoms with Crippen LogP contribution >= 0.6 is 0 Å². The Labute approximate surface area is 130 Å². The Bertz CT molecular complexity index is 425. The molecule has 2 rings (SSSR count). The van der Waals surface area contributed by atoms with Gasteiger partial charge in [-0.2, -0.15) is 0 Å². The lowest BCUT2D eigenvalue weighted by Gasteiger charge is -2.25. The first kappa shape index (κ1) is 16.3. The van der Waals surface area contributed by atoms with Crippen molar-refractivity contribution >= 4 is 5.69 Å². The van der Waals surface area contributed by atoms with Crippen LogP contribution in [0.15, 0.2) is 18.3 Å². The maximum Gasteiger partial charge on any atom is 0.0572 e. The van der Waals surface area contributed by atoms with Gasteiger partial charge in [-0.15, -0.1) is 0 Å². The predicted octanol–water partition coefficient (Wildman–Crippen LogP) is 4.16. The Morgan fingerprint density at radius 2 is 2.10 bits per heavy atom. The maximum absolute atomic E-state index is 4.67. The third-order valence-corrected chi connectivity index (χ3v) is 4.62. The van der Waals surface area contributed by atoms with Crippen molar-refractivity contribution in [2.45, 2.75) is 59.4 Å². The van der Waals surface area contributed by atoms with Crippen LogP contribution < -0.4 is 10.2 Å². The average molecular weight is 289 g/mol. The number of rotatable bonds is 5. The van der Waals surface area contributed by atoms with E-state index in [1.807, 2.05) is 0 Å². The summed E-state index contributed by atoms with van der Waals surface area (Å²) in [6.45, 7) is 12.5. The number of anilines is 1. The van der Waals surface area contributed by atoms with Crippen molar-refractivity contribution < 1.29 is 0 Å². The number of aromatic nitrogens is 1. The summed E-state index contributed by atoms with van der Waals surface area (Å²) >= 11 is 0. The second kappa shape index (κ2) is 7.26. The first-order valence-corrected chi connectivity index (χ1v) is 8.46. The van der Waals surface area contributed by atoms with Crippen molar-refractivity contribution in [3.8, 4) is 0 Å². The van der Waals surface area contributed by atoms with E-state index in [4.69, 9.17) is 0 Å². The zero-order valence-electron chi connectivity index (χ0n) is 14.2. The van der Waals surface area contributed by atoms with E-state index in [1.165, 1.54) is 24.9 Å². The Kier molecular flexibility index (Phi) is 5.63. The van der Waals surface area contributed by atoms with Crippen LogP contribution in [0.1, 0.15) is 65.1 Å². The summed E-state index contributed by atoms with van der Waals surface area (Å²) in [6.07, 6.45) is 7.09. The van der Waals surface area contributed by atoms with Crippen LogP contribution in [-0.2, 0) is 0 Å². The van der Waals surface area contributed by atoms with Crippen LogP contribution in [0.5, 0.6) is 0 Å². The monoisotopic (exact) mass is 289 g/mol. The summed E-state index contributed by atoms with van der Waals surface area (Å²) in [5.74, 6) is 0. The molecule has 2 heterocycles. The van der Waals surface area contributed by atoms with Crippen molar-refractivity contribution in [2.75, 3.05) is 24.5 Å². The molecule has 1 N–H and O–H groups in total. The minimum Gasteiger partial charge on any atom is -0.370 e. The highest BCUT2D eigenvalue weighted by atomic mass is 15.1. The molecule has 0 saturated carbocycles. The molecular weight excluding hydrogens is 258 g/mol. The van der Waals surface area contributed by atoms with E-state index < -0.39 is 0 Å². The molecule has 1 fully saturated rings. The zero-order chi connectivity index (χ0) is 15.3. The molecule has 1 aromatic heterocycles. The van der Waals surface area contributed by atoms with Gasteiger partial charge in [-0.25, -0.2) is 0 Å². The van der Waals surface area contributed by atoms with Gasteiger partial charge in [0.05, 0.1) is 17.6 Å². The molecule has 3 heteroatoms. The maximum atomic E-state index is 4.67. The SMILES string of the molecule is CCCNC(C)c1ccc(N2CCCC(C)(C)CC2)cn1. The fourth-order valence-corrected chi connectivity index (χ4v) is 2.99. The van der Waals surface area contributed by atoms with Gasteiger partial charge in [0.2, 0.25) is 0 Å². The van der Waals surface area contributed by atoms with Crippen LogP contribution in [-0.4, -0.2) is 24.6 Å². The molecule has 3 nitrogen and oxygen atoms in total. The summed E-state index contributed by atoms with van der Waals surface area (Å²) in [5.41, 5.74) is 2.90. The van der Waals surface area contributed by atoms with E-state index in [1.54, 1.807) is 0 Å². The van der Waals surface area contributed by atoms with E-state index in [0.717, 1.165) is 31.7 Å². The molecule has 1 aromatic rings. The second-order valence-corrected chi connectivity index (χ2v) is 7.12. The first-order valence-electron chi connectivity index (χ1n) is 8.46. The number of nitrogens with one attached hydrogen (secondary N) is 1. The molecule has 0 bridgehead atoms. The first-order chi connectivity index (χ1) is 10.0. The van der Waals surface area contributed by atoms with Crippen LogP contribution in [0.4, 0.5) is 5.69 Å². The van der Waals surface area contributed by atoms with E-state index in [0.29, 0.717) is 11.5 Å². The normalized spacial score (nSPS) is 20.1. The van der Waals surface area contributed by atoms with Gasteiger partial charge in [0, 0.05) is 19.1 Å². The standard InChI is InChI=1S/C18H31N3/c1-5-11-19-15(2)17-8-7-16(14-20-17)21-12-6-9-18(3,4)10-13-21/h7-8,14-15,19H,5-6,9-13H2,1-4H3. The molecule has 1 aliphatic heterocycles. The fourth-order valence-electron chi connectivity index (χ4n) is 2.99. The van der Waals surface area contributed by atoms with Gasteiger partial charge >= 0.3 is 0 Å². The lowest BCUT2D eigenvalue weighted by Crippen LogP contribution is -2.25. The van der Waals surface area contributed by atoms with Gasteiger partial charge in [-0.3, -0.25) is 4.98 Å². The molecule has 1 aliphatic rings. The number of hydrogen-bond acceptors (Lipinski definition) is 3. The summed E-state index contributed by atoms with van der Waals surface area (Å²) in [5, 5.41) is 3.49. The topological polar surface area (TPSA) is 28.2 Å². The quantitative estimate of drug-likeness (QED) is 0.882. The zero-order valence-corrected chi connectivity index (χ0v) is 14.2. The summed E-state index contributed by atoms with van der Waals surface area (Å²) in [6, 6.07) is 4.76. The van der Waals surface area contributed by atoms with Crippen LogP contribution in [0.3, 0.4) is 0 Å². The second-order valence-electron chi connectivity index (χ2n) is 7.12. The third kappa shape index (κ3) is 4.70. The highest BCUT2D eigenvalue weighted by molar-refractivity contribution is 5.45. The van der Waals surface area contributed by atoms with Crippen molar-refractivity contribution in [1.82, 2.24) is 10.3 Å². The molecule has 0 aromatic carbocycles. The Hall–Kier alpha value is -1.09. The van der Waals surface area contributed by atoms with Crippen molar-refractivity contribution in [2.24, 2.45) is 5.41 Å². The van der Waals surface area contributed by atoms with E-state index >= 15 is 0 Å². The molecule has 1 saturated heterocycles. The number of nitrogens with zero attached hydrogens (tertiary/aromatic N) is 2. The van der Waals surface area contributed by atoms with Crippen LogP contribution in [0.25, 0.3) is 0 Å². The fraction of sp³-hybridized carbons (Fsp3) is 0.722. The Morgan fingerprint density at radius 1 is 1.29 bits per heavy atom. The van der Waals surface area contributed by atoms with Crippen molar-refractivity contribution in [3.63, 3.8) is 0 Å². The lowest BCUT2D eigenvalue weighted by atomic mass is 9.85. The van der Waals surface area contributed by atoms with Crippen LogP contribution in [0.2, 0.25) is 0 Å². The minimum absolute atomic E-state index is 0.335. The van der Waals surface area contributed by atoms with E-state index in [9.17, 15) is 0 Å². The van der Waals surface area contributed by atoms with Crippen molar-refractivity contribution in [1.29, 1.82) is 0 Å². The molecule has 0 spiro atoms. The molecular formula is C18H31N3. The summed E-state index contributed by atoms with van der Waals surface area (Å²) in [4.78, 5) is 7.17. The summed E-state index contributed by atoms with van der Waals surface area (Å²) < 4.78 is 0. The number of pyridine rings is 1. The van der Waals surface area contributed by atoms with E-state index in [-0.39, 0.29) is 0 Å². The van der Waals surface area contributed by atoms with Gasteiger partial charge in [0.25, 0.3) is 0 Å². The van der Waals surface area contributed by atoms with Gasteiger partial charge in [0.15, 0.2) is 0 Å². The molecule has 118 valence electrons. The molecule has 0 aliphatic carbocycles. The van der Waals surface area contributed by atoms with Gasteiger partial charge in [-0.1, -0.05) is 20.8 Å². The number of hydrogen-bond donors (Lipinski definition) is 1. The molecule has 1 unspecified atom stereocenters.